The molecule has 2 unspecified atom stereocenters. The van der Waals surface area contributed by atoms with Gasteiger partial charge < -0.3 is 9.80 Å². The molecule has 2 aromatic carbocycles. The highest BCUT2D eigenvalue weighted by atomic mass is 19.4. The number of rotatable bonds is 2. The Balaban J connectivity index is 1.36. The van der Waals surface area contributed by atoms with Crippen molar-refractivity contribution in [2.75, 3.05) is 11.4 Å². The van der Waals surface area contributed by atoms with Gasteiger partial charge in [-0.1, -0.05) is 12.1 Å². The zero-order valence-corrected chi connectivity index (χ0v) is 18.4. The Kier molecular flexibility index (Phi) is 4.60. The summed E-state index contributed by atoms with van der Waals surface area (Å²) in [7, 11) is 0. The third-order valence-electron chi connectivity index (χ3n) is 7.10. The normalized spacial score (nSPS) is 22.9. The zero-order valence-electron chi connectivity index (χ0n) is 18.4. The molecule has 0 N–H and O–H groups in total. The summed E-state index contributed by atoms with van der Waals surface area (Å²) < 4.78 is 40.6. The van der Waals surface area contributed by atoms with Crippen LogP contribution < -0.4 is 4.90 Å². The summed E-state index contributed by atoms with van der Waals surface area (Å²) in [6.07, 6.45) is -2.90. The summed E-state index contributed by atoms with van der Waals surface area (Å²) in [5.41, 5.74) is -0.632. The highest BCUT2D eigenvalue weighted by molar-refractivity contribution is 6.25. The number of hydrogen-bond donors (Lipinski definition) is 0. The number of pyridine rings is 1. The average Bonchev–Trinajstić information content (AvgIpc) is 3.54. The second-order valence-electron chi connectivity index (χ2n) is 8.91. The van der Waals surface area contributed by atoms with Gasteiger partial charge in [0.05, 0.1) is 40.0 Å². The topological polar surface area (TPSA) is 97.6 Å². The number of carbonyl (C=O) groups excluding carboxylic acids is 3. The van der Waals surface area contributed by atoms with E-state index in [9.17, 15) is 32.8 Å². The smallest absolute Gasteiger partial charge is 0.331 e. The number of nitriles is 1. The van der Waals surface area contributed by atoms with E-state index < -0.39 is 53.3 Å². The van der Waals surface area contributed by atoms with Crippen molar-refractivity contribution in [3.8, 4) is 6.07 Å². The average molecular weight is 491 g/mol. The molecule has 11 heteroatoms. The SMILES string of the molecule is N#Cc1ccc(N2C(=O)[C@H]3C4CC(CN4C(=O)c4ccccc4C(F)(F)F)N3C2=O)c2cccnc12. The standard InChI is InChI=1S/C25H16F3N5O3/c26-25(27,28)17-6-2-1-4-15(17)22(34)31-12-14-10-19(31)21-23(35)33(24(36)32(14)21)18-8-7-13(11-29)20-16(18)5-3-9-30-20/h1-9,14,19,21H,10,12H2/t14?,19?,21-/m1/s1. The number of halogens is 3. The summed E-state index contributed by atoms with van der Waals surface area (Å²) in [5.74, 6) is -1.38. The number of piperazine rings is 1. The largest absolute Gasteiger partial charge is 0.417 e. The van der Waals surface area contributed by atoms with Gasteiger partial charge in [-0.2, -0.15) is 18.4 Å². The van der Waals surface area contributed by atoms with Gasteiger partial charge in [0.15, 0.2) is 0 Å². The van der Waals surface area contributed by atoms with Crippen LogP contribution in [0.5, 0.6) is 0 Å². The van der Waals surface area contributed by atoms with Gasteiger partial charge in [-0.25, -0.2) is 9.69 Å². The predicted octanol–water partition coefficient (Wildman–Crippen LogP) is 3.56. The lowest BCUT2D eigenvalue weighted by atomic mass is 10.0. The minimum absolute atomic E-state index is 0.0364. The van der Waals surface area contributed by atoms with Gasteiger partial charge in [0.2, 0.25) is 0 Å². The maximum absolute atomic E-state index is 13.6. The first kappa shape index (κ1) is 22.0. The Morgan fingerprint density at radius 2 is 1.86 bits per heavy atom. The van der Waals surface area contributed by atoms with Gasteiger partial charge in [0, 0.05) is 18.1 Å². The fourth-order valence-corrected chi connectivity index (χ4v) is 5.63. The van der Waals surface area contributed by atoms with Crippen molar-refractivity contribution in [3.05, 3.63) is 71.4 Å². The molecular formula is C25H16F3N5O3. The van der Waals surface area contributed by atoms with Crippen LogP contribution in [0.15, 0.2) is 54.7 Å². The molecule has 3 atom stereocenters. The minimum atomic E-state index is -4.71. The third-order valence-corrected chi connectivity index (χ3v) is 7.10. The molecule has 8 nitrogen and oxygen atoms in total. The fourth-order valence-electron chi connectivity index (χ4n) is 5.63. The maximum atomic E-state index is 13.6. The molecule has 0 radical (unpaired) electrons. The van der Waals surface area contributed by atoms with Gasteiger partial charge >= 0.3 is 12.2 Å². The molecule has 0 aliphatic carbocycles. The summed E-state index contributed by atoms with van der Waals surface area (Å²) in [6.45, 7) is 0.0364. The van der Waals surface area contributed by atoms with E-state index in [1.165, 1.54) is 40.3 Å². The van der Waals surface area contributed by atoms with E-state index in [1.807, 2.05) is 6.07 Å². The van der Waals surface area contributed by atoms with Crippen molar-refractivity contribution in [2.45, 2.75) is 30.7 Å². The van der Waals surface area contributed by atoms with E-state index >= 15 is 0 Å². The number of likely N-dealkylation sites (tertiary alicyclic amines) is 1. The van der Waals surface area contributed by atoms with Crippen LogP contribution in [0.4, 0.5) is 23.7 Å². The second kappa shape index (κ2) is 7.52. The Labute approximate surface area is 202 Å². The van der Waals surface area contributed by atoms with E-state index in [2.05, 4.69) is 4.98 Å². The molecule has 3 saturated heterocycles. The molecule has 36 heavy (non-hydrogen) atoms. The first-order valence-corrected chi connectivity index (χ1v) is 11.1. The highest BCUT2D eigenvalue weighted by Crippen LogP contribution is 2.44. The van der Waals surface area contributed by atoms with Gasteiger partial charge in [0.25, 0.3) is 11.8 Å². The second-order valence-corrected chi connectivity index (χ2v) is 8.91. The number of nitrogens with zero attached hydrogens (tertiary/aromatic N) is 5. The lowest BCUT2D eigenvalue weighted by molar-refractivity contribution is -0.138. The molecule has 3 aliphatic heterocycles. The molecule has 2 bridgehead atoms. The van der Waals surface area contributed by atoms with Crippen LogP contribution >= 0.6 is 0 Å². The molecule has 0 saturated carbocycles. The van der Waals surface area contributed by atoms with Crippen molar-refractivity contribution in [3.63, 3.8) is 0 Å². The molecule has 1 aromatic heterocycles. The van der Waals surface area contributed by atoms with Crippen LogP contribution in [-0.2, 0) is 11.0 Å². The monoisotopic (exact) mass is 491 g/mol. The van der Waals surface area contributed by atoms with E-state index in [1.54, 1.807) is 12.1 Å². The van der Waals surface area contributed by atoms with Crippen molar-refractivity contribution < 1.29 is 27.6 Å². The number of alkyl halides is 3. The molecule has 6 rings (SSSR count). The number of imide groups is 1. The number of carbonyl (C=O) groups is 3. The van der Waals surface area contributed by atoms with E-state index in [0.29, 0.717) is 17.3 Å². The van der Waals surface area contributed by atoms with Crippen LogP contribution in [0.3, 0.4) is 0 Å². The van der Waals surface area contributed by atoms with Crippen LogP contribution in [0.25, 0.3) is 10.9 Å². The molecule has 4 amide bonds. The van der Waals surface area contributed by atoms with Crippen molar-refractivity contribution in [2.24, 2.45) is 0 Å². The molecule has 3 fully saturated rings. The van der Waals surface area contributed by atoms with Gasteiger partial charge in [-0.15, -0.1) is 0 Å². The summed E-state index contributed by atoms with van der Waals surface area (Å²) >= 11 is 0. The number of amides is 4. The van der Waals surface area contributed by atoms with E-state index in [4.69, 9.17) is 0 Å². The molecule has 4 heterocycles. The van der Waals surface area contributed by atoms with Crippen molar-refractivity contribution in [1.82, 2.24) is 14.8 Å². The summed E-state index contributed by atoms with van der Waals surface area (Å²) in [5, 5.41) is 9.84. The minimum Gasteiger partial charge on any atom is -0.331 e. The molecule has 3 aromatic rings. The Hall–Kier alpha value is -4.46. The maximum Gasteiger partial charge on any atom is 0.417 e. The molecule has 180 valence electrons. The Bertz CT molecular complexity index is 1510. The highest BCUT2D eigenvalue weighted by Gasteiger charge is 2.63. The number of anilines is 1. The third kappa shape index (κ3) is 2.94. The van der Waals surface area contributed by atoms with Crippen molar-refractivity contribution >= 4 is 34.4 Å². The molecule has 0 spiro atoms. The number of aromatic nitrogens is 1. The lowest BCUT2D eigenvalue weighted by Crippen LogP contribution is -2.55. The number of hydrogen-bond acceptors (Lipinski definition) is 5. The Morgan fingerprint density at radius 3 is 2.61 bits per heavy atom. The lowest BCUT2D eigenvalue weighted by Gasteiger charge is -2.35. The number of benzene rings is 2. The van der Waals surface area contributed by atoms with Gasteiger partial charge in [0.1, 0.15) is 12.1 Å². The van der Waals surface area contributed by atoms with Gasteiger partial charge in [-0.3, -0.25) is 14.6 Å². The summed E-state index contributed by atoms with van der Waals surface area (Å²) in [6, 6.07) is 10.1. The van der Waals surface area contributed by atoms with Crippen LogP contribution in [0.1, 0.15) is 27.9 Å². The fraction of sp³-hybridized carbons (Fsp3) is 0.240. The van der Waals surface area contributed by atoms with Gasteiger partial charge in [-0.05, 0) is 42.8 Å². The summed E-state index contributed by atoms with van der Waals surface area (Å²) in [4.78, 5) is 48.2. The Morgan fingerprint density at radius 1 is 1.08 bits per heavy atom. The van der Waals surface area contributed by atoms with Crippen LogP contribution in [0.2, 0.25) is 0 Å². The van der Waals surface area contributed by atoms with Crippen LogP contribution in [-0.4, -0.2) is 57.3 Å². The first-order valence-electron chi connectivity index (χ1n) is 11.1. The molecule has 3 aliphatic rings. The van der Waals surface area contributed by atoms with E-state index in [-0.39, 0.29) is 17.8 Å². The van der Waals surface area contributed by atoms with Crippen LogP contribution in [0, 0.1) is 11.3 Å². The first-order chi connectivity index (χ1) is 17.2. The zero-order chi connectivity index (χ0) is 25.4. The number of urea groups is 1. The van der Waals surface area contributed by atoms with E-state index in [0.717, 1.165) is 17.0 Å². The van der Waals surface area contributed by atoms with Crippen molar-refractivity contribution in [1.29, 1.82) is 5.26 Å². The number of fused-ring (bicyclic) bond motifs is 6. The predicted molar refractivity (Wildman–Crippen MR) is 120 cm³/mol. The quantitative estimate of drug-likeness (QED) is 0.511. The molecular weight excluding hydrogens is 475 g/mol.